The molecule has 160 valence electrons. The van der Waals surface area contributed by atoms with Crippen LogP contribution in [0, 0.1) is 5.92 Å². The van der Waals surface area contributed by atoms with E-state index in [0.29, 0.717) is 24.7 Å². The molecule has 6 nitrogen and oxygen atoms in total. The number of hydrogen-bond donors (Lipinski definition) is 1. The Hall–Kier alpha value is -3.41. The van der Waals surface area contributed by atoms with Gasteiger partial charge < -0.3 is 10.1 Å². The number of methoxy groups -OCH3 is 1. The van der Waals surface area contributed by atoms with Gasteiger partial charge in [0.25, 0.3) is 11.5 Å². The second kappa shape index (κ2) is 9.60. The largest absolute Gasteiger partial charge is 0.497 e. The standard InChI is InChI=1S/C25H27N3O3/c1-31-21-13-11-20(12-14-21)23-15-22(24(29)26-16-18-7-3-2-4-8-18)25(30)28(27-23)17-19-9-5-6-10-19/h2-4,7-8,11-15,19H,5-6,9-10,16-17H2,1H3,(H,26,29). The summed E-state index contributed by atoms with van der Waals surface area (Å²) in [5, 5.41) is 7.48. The highest BCUT2D eigenvalue weighted by atomic mass is 16.5. The number of amides is 1. The molecule has 1 aromatic heterocycles. The quantitative estimate of drug-likeness (QED) is 0.630. The van der Waals surface area contributed by atoms with Crippen molar-refractivity contribution in [1.29, 1.82) is 0 Å². The van der Waals surface area contributed by atoms with Gasteiger partial charge in [0.1, 0.15) is 11.3 Å². The van der Waals surface area contributed by atoms with Gasteiger partial charge in [0.2, 0.25) is 0 Å². The summed E-state index contributed by atoms with van der Waals surface area (Å²) in [4.78, 5) is 26.1. The van der Waals surface area contributed by atoms with Gasteiger partial charge in [-0.1, -0.05) is 43.2 Å². The minimum Gasteiger partial charge on any atom is -0.497 e. The molecule has 1 fully saturated rings. The van der Waals surface area contributed by atoms with Crippen molar-refractivity contribution in [2.75, 3.05) is 7.11 Å². The van der Waals surface area contributed by atoms with Crippen molar-refractivity contribution in [2.45, 2.75) is 38.8 Å². The fourth-order valence-electron chi connectivity index (χ4n) is 4.04. The van der Waals surface area contributed by atoms with Gasteiger partial charge >= 0.3 is 0 Å². The minimum absolute atomic E-state index is 0.120. The second-order valence-electron chi connectivity index (χ2n) is 7.98. The van der Waals surface area contributed by atoms with Gasteiger partial charge in [-0.3, -0.25) is 9.59 Å². The Labute approximate surface area is 181 Å². The van der Waals surface area contributed by atoms with Crippen molar-refractivity contribution in [1.82, 2.24) is 15.1 Å². The molecule has 1 saturated carbocycles. The van der Waals surface area contributed by atoms with Crippen LogP contribution >= 0.6 is 0 Å². The minimum atomic E-state index is -0.383. The summed E-state index contributed by atoms with van der Waals surface area (Å²) in [6, 6.07) is 18.7. The summed E-state index contributed by atoms with van der Waals surface area (Å²) >= 11 is 0. The van der Waals surface area contributed by atoms with E-state index in [1.165, 1.54) is 17.5 Å². The number of nitrogens with zero attached hydrogens (tertiary/aromatic N) is 2. The van der Waals surface area contributed by atoms with E-state index in [0.717, 1.165) is 29.7 Å². The molecule has 1 heterocycles. The SMILES string of the molecule is COc1ccc(-c2cc(C(=O)NCc3ccccc3)c(=O)n(CC3CCCC3)n2)cc1. The van der Waals surface area contributed by atoms with Gasteiger partial charge in [-0.25, -0.2) is 4.68 Å². The van der Waals surface area contributed by atoms with Crippen LogP contribution in [0.15, 0.2) is 65.5 Å². The molecule has 1 aliphatic carbocycles. The van der Waals surface area contributed by atoms with E-state index in [1.807, 2.05) is 54.6 Å². The normalized spacial score (nSPS) is 13.8. The monoisotopic (exact) mass is 417 g/mol. The van der Waals surface area contributed by atoms with Gasteiger partial charge in [0.15, 0.2) is 0 Å². The number of carbonyl (C=O) groups is 1. The predicted octanol–water partition coefficient (Wildman–Crippen LogP) is 4.04. The van der Waals surface area contributed by atoms with Gasteiger partial charge in [0, 0.05) is 18.7 Å². The third-order valence-corrected chi connectivity index (χ3v) is 5.81. The third-order valence-electron chi connectivity index (χ3n) is 5.81. The Morgan fingerprint density at radius 3 is 2.48 bits per heavy atom. The van der Waals surface area contributed by atoms with E-state index >= 15 is 0 Å². The van der Waals surface area contributed by atoms with Crippen molar-refractivity contribution in [2.24, 2.45) is 5.92 Å². The Balaban J connectivity index is 1.66. The van der Waals surface area contributed by atoms with E-state index in [9.17, 15) is 9.59 Å². The lowest BCUT2D eigenvalue weighted by atomic mass is 10.1. The number of nitrogens with one attached hydrogen (secondary N) is 1. The van der Waals surface area contributed by atoms with E-state index in [1.54, 1.807) is 13.2 Å². The van der Waals surface area contributed by atoms with Gasteiger partial charge in [-0.15, -0.1) is 0 Å². The van der Waals surface area contributed by atoms with Gasteiger partial charge in [-0.2, -0.15) is 5.10 Å². The molecular weight excluding hydrogens is 390 g/mol. The molecule has 6 heteroatoms. The first-order valence-corrected chi connectivity index (χ1v) is 10.7. The third kappa shape index (κ3) is 5.02. The second-order valence-corrected chi connectivity index (χ2v) is 7.98. The van der Waals surface area contributed by atoms with Crippen LogP contribution in [-0.4, -0.2) is 22.8 Å². The molecule has 0 saturated heterocycles. The van der Waals surface area contributed by atoms with Crippen molar-refractivity contribution in [3.63, 3.8) is 0 Å². The first kappa shape index (κ1) is 20.8. The van der Waals surface area contributed by atoms with Crippen molar-refractivity contribution < 1.29 is 9.53 Å². The highest BCUT2D eigenvalue weighted by molar-refractivity contribution is 5.94. The zero-order chi connectivity index (χ0) is 21.6. The van der Waals surface area contributed by atoms with E-state index in [2.05, 4.69) is 10.4 Å². The molecule has 0 unspecified atom stereocenters. The average molecular weight is 418 g/mol. The molecule has 0 radical (unpaired) electrons. The highest BCUT2D eigenvalue weighted by Crippen LogP contribution is 2.26. The summed E-state index contributed by atoms with van der Waals surface area (Å²) in [7, 11) is 1.62. The van der Waals surface area contributed by atoms with Crippen molar-refractivity contribution in [3.05, 3.63) is 82.1 Å². The molecule has 3 aromatic rings. The maximum Gasteiger partial charge on any atom is 0.279 e. The van der Waals surface area contributed by atoms with Crippen molar-refractivity contribution in [3.8, 4) is 17.0 Å². The number of rotatable bonds is 7. The van der Waals surface area contributed by atoms with Crippen LogP contribution in [0.3, 0.4) is 0 Å². The Bertz CT molecular complexity index is 1090. The summed E-state index contributed by atoms with van der Waals surface area (Å²) in [5.41, 5.74) is 2.19. The zero-order valence-electron chi connectivity index (χ0n) is 17.7. The van der Waals surface area contributed by atoms with Crippen LogP contribution < -0.4 is 15.6 Å². The fourth-order valence-corrected chi connectivity index (χ4v) is 4.04. The molecule has 0 bridgehead atoms. The predicted molar refractivity (Wildman–Crippen MR) is 120 cm³/mol. The van der Waals surface area contributed by atoms with Crippen LogP contribution in [0.4, 0.5) is 0 Å². The summed E-state index contributed by atoms with van der Waals surface area (Å²) in [5.74, 6) is 0.784. The summed E-state index contributed by atoms with van der Waals surface area (Å²) < 4.78 is 6.71. The lowest BCUT2D eigenvalue weighted by Gasteiger charge is -2.14. The number of hydrogen-bond acceptors (Lipinski definition) is 4. The molecular formula is C25H27N3O3. The van der Waals surface area contributed by atoms with Crippen molar-refractivity contribution >= 4 is 5.91 Å². The smallest absolute Gasteiger partial charge is 0.279 e. The first-order chi connectivity index (χ1) is 15.1. The Morgan fingerprint density at radius 2 is 1.81 bits per heavy atom. The lowest BCUT2D eigenvalue weighted by Crippen LogP contribution is -2.35. The zero-order valence-corrected chi connectivity index (χ0v) is 17.7. The summed E-state index contributed by atoms with van der Waals surface area (Å²) in [6.07, 6.45) is 4.55. The molecule has 0 spiro atoms. The topological polar surface area (TPSA) is 73.2 Å². The molecule has 0 aliphatic heterocycles. The Kier molecular flexibility index (Phi) is 6.46. The Morgan fingerprint density at radius 1 is 1.10 bits per heavy atom. The number of benzene rings is 2. The lowest BCUT2D eigenvalue weighted by molar-refractivity contribution is 0.0948. The number of ether oxygens (including phenoxy) is 1. The average Bonchev–Trinajstić information content (AvgIpc) is 3.33. The maximum atomic E-state index is 13.1. The van der Waals surface area contributed by atoms with Crippen LogP contribution in [0.1, 0.15) is 41.6 Å². The highest BCUT2D eigenvalue weighted by Gasteiger charge is 2.21. The molecule has 2 aromatic carbocycles. The van der Waals surface area contributed by atoms with Crippen LogP contribution in [-0.2, 0) is 13.1 Å². The van der Waals surface area contributed by atoms with E-state index in [-0.39, 0.29) is 17.0 Å². The molecule has 1 aliphatic rings. The molecule has 0 atom stereocenters. The molecule has 4 rings (SSSR count). The maximum absolute atomic E-state index is 13.1. The van der Waals surface area contributed by atoms with E-state index < -0.39 is 0 Å². The van der Waals surface area contributed by atoms with E-state index in [4.69, 9.17) is 4.74 Å². The number of aromatic nitrogens is 2. The molecule has 1 amide bonds. The molecule has 1 N–H and O–H groups in total. The molecule has 31 heavy (non-hydrogen) atoms. The fraction of sp³-hybridized carbons (Fsp3) is 0.320. The van der Waals surface area contributed by atoms with Crippen LogP contribution in [0.2, 0.25) is 0 Å². The van der Waals surface area contributed by atoms with Crippen LogP contribution in [0.5, 0.6) is 5.75 Å². The van der Waals surface area contributed by atoms with Gasteiger partial charge in [0.05, 0.1) is 12.8 Å². The van der Waals surface area contributed by atoms with Gasteiger partial charge in [-0.05, 0) is 54.7 Å². The summed E-state index contributed by atoms with van der Waals surface area (Å²) in [6.45, 7) is 0.906. The number of carbonyl (C=O) groups excluding carboxylic acids is 1. The van der Waals surface area contributed by atoms with Crippen LogP contribution in [0.25, 0.3) is 11.3 Å². The first-order valence-electron chi connectivity index (χ1n) is 10.7.